The number of hydrogen-bond acceptors (Lipinski definition) is 3. The van der Waals surface area contributed by atoms with Crippen LogP contribution in [-0.4, -0.2) is 40.3 Å². The summed E-state index contributed by atoms with van der Waals surface area (Å²) in [5.41, 5.74) is -0.117. The lowest BCUT2D eigenvalue weighted by molar-refractivity contribution is -0.0300. The van der Waals surface area contributed by atoms with Crippen molar-refractivity contribution in [3.8, 4) is 0 Å². The molecule has 2 heterocycles. The van der Waals surface area contributed by atoms with E-state index in [4.69, 9.17) is 4.74 Å². The maximum absolute atomic E-state index is 12.5. The molecule has 4 nitrogen and oxygen atoms in total. The minimum absolute atomic E-state index is 0.0260. The summed E-state index contributed by atoms with van der Waals surface area (Å²) in [7, 11) is -1.05. The van der Waals surface area contributed by atoms with Crippen LogP contribution in [0.4, 0.5) is 0 Å². The van der Waals surface area contributed by atoms with Crippen LogP contribution in [0.3, 0.4) is 0 Å². The van der Waals surface area contributed by atoms with Gasteiger partial charge in [0.2, 0.25) is 0 Å². The van der Waals surface area contributed by atoms with Gasteiger partial charge in [0.05, 0.1) is 34.0 Å². The van der Waals surface area contributed by atoms with Crippen LogP contribution in [0.5, 0.6) is 0 Å². The summed E-state index contributed by atoms with van der Waals surface area (Å²) in [6, 6.07) is 0.155. The van der Waals surface area contributed by atoms with Crippen LogP contribution in [0.2, 0.25) is 0 Å². The number of nitrogens with one attached hydrogen (secondary N) is 2. The quantitative estimate of drug-likeness (QED) is 0.811. The Bertz CT molecular complexity index is 357. The Balaban J connectivity index is 2.19. The molecule has 2 aliphatic rings. The fraction of sp³-hybridized carbons (Fsp3) is 1.00. The molecule has 0 aromatic rings. The fourth-order valence-electron chi connectivity index (χ4n) is 3.04. The molecule has 2 N–H and O–H groups in total. The highest BCUT2D eigenvalue weighted by Crippen LogP contribution is 2.44. The monoisotopic (exact) mass is 288 g/mol. The van der Waals surface area contributed by atoms with E-state index in [1.54, 1.807) is 0 Å². The fourth-order valence-corrected chi connectivity index (χ4v) is 4.14. The second kappa shape index (κ2) is 5.10. The van der Waals surface area contributed by atoms with E-state index in [2.05, 4.69) is 23.9 Å². The van der Waals surface area contributed by atoms with Gasteiger partial charge in [-0.3, -0.25) is 0 Å². The van der Waals surface area contributed by atoms with Crippen molar-refractivity contribution < 1.29 is 8.95 Å². The van der Waals surface area contributed by atoms with Crippen LogP contribution in [-0.2, 0) is 15.7 Å². The highest BCUT2D eigenvalue weighted by molar-refractivity contribution is 7.84. The third-order valence-electron chi connectivity index (χ3n) is 4.27. The Kier molecular flexibility index (Phi) is 4.14. The summed E-state index contributed by atoms with van der Waals surface area (Å²) < 4.78 is 21.8. The van der Waals surface area contributed by atoms with E-state index in [0.29, 0.717) is 0 Å². The second-order valence-corrected chi connectivity index (χ2v) is 9.52. The SMILES string of the molecule is CC1(C)COC2(CCNCC2)[C@@H]1NS(=O)C(C)(C)C. The first-order valence-electron chi connectivity index (χ1n) is 7.20. The third-order valence-corrected chi connectivity index (χ3v) is 5.83. The van der Waals surface area contributed by atoms with Crippen molar-refractivity contribution in [3.05, 3.63) is 0 Å². The van der Waals surface area contributed by atoms with Gasteiger partial charge in [0.15, 0.2) is 0 Å². The molecule has 0 aromatic heterocycles. The standard InChI is InChI=1S/C14H28N2O2S/c1-12(2,3)19(17)16-11-13(4,5)10-18-14(11)6-8-15-9-7-14/h11,15-16H,6-10H2,1-5H3/t11-,19?/m1/s1. The first kappa shape index (κ1) is 15.4. The van der Waals surface area contributed by atoms with Gasteiger partial charge < -0.3 is 10.1 Å². The smallest absolute Gasteiger partial charge is 0.0973 e. The predicted molar refractivity (Wildman–Crippen MR) is 79.4 cm³/mol. The number of piperidine rings is 1. The van der Waals surface area contributed by atoms with Gasteiger partial charge in [-0.25, -0.2) is 8.93 Å². The topological polar surface area (TPSA) is 50.4 Å². The van der Waals surface area contributed by atoms with Gasteiger partial charge in [-0.05, 0) is 46.7 Å². The zero-order valence-electron chi connectivity index (χ0n) is 12.8. The molecule has 2 aliphatic heterocycles. The van der Waals surface area contributed by atoms with Crippen molar-refractivity contribution >= 4 is 11.0 Å². The first-order valence-corrected chi connectivity index (χ1v) is 8.35. The lowest BCUT2D eigenvalue weighted by Crippen LogP contribution is -2.59. The first-order chi connectivity index (χ1) is 8.67. The van der Waals surface area contributed by atoms with Crippen molar-refractivity contribution in [2.75, 3.05) is 19.7 Å². The summed E-state index contributed by atoms with van der Waals surface area (Å²) >= 11 is 0. The maximum Gasteiger partial charge on any atom is 0.0973 e. The van der Waals surface area contributed by atoms with Gasteiger partial charge in [0.25, 0.3) is 0 Å². The summed E-state index contributed by atoms with van der Waals surface area (Å²) in [5, 5.41) is 3.38. The molecular weight excluding hydrogens is 260 g/mol. The Hall–Kier alpha value is 0.0300. The highest BCUT2D eigenvalue weighted by Gasteiger charge is 2.55. The molecule has 0 radical (unpaired) electrons. The van der Waals surface area contributed by atoms with E-state index in [-0.39, 0.29) is 21.8 Å². The predicted octanol–water partition coefficient (Wildman–Crippen LogP) is 1.59. The average Bonchev–Trinajstić information content (AvgIpc) is 2.54. The van der Waals surface area contributed by atoms with Gasteiger partial charge in [-0.1, -0.05) is 13.8 Å². The lowest BCUT2D eigenvalue weighted by atomic mass is 9.75. The zero-order chi connectivity index (χ0) is 14.3. The second-order valence-electron chi connectivity index (χ2n) is 7.52. The van der Waals surface area contributed by atoms with Gasteiger partial charge in [-0.15, -0.1) is 0 Å². The van der Waals surface area contributed by atoms with Crippen LogP contribution in [0.15, 0.2) is 0 Å². The average molecular weight is 288 g/mol. The van der Waals surface area contributed by atoms with Crippen LogP contribution in [0.25, 0.3) is 0 Å². The molecule has 5 heteroatoms. The molecule has 2 rings (SSSR count). The summed E-state index contributed by atoms with van der Waals surface area (Å²) in [6.45, 7) is 13.2. The Morgan fingerprint density at radius 3 is 2.37 bits per heavy atom. The molecule has 0 bridgehead atoms. The molecule has 112 valence electrons. The molecular formula is C14H28N2O2S. The van der Waals surface area contributed by atoms with Crippen molar-refractivity contribution in [1.82, 2.24) is 10.0 Å². The molecule has 2 fully saturated rings. The molecule has 0 aromatic carbocycles. The Morgan fingerprint density at radius 2 is 1.84 bits per heavy atom. The third kappa shape index (κ3) is 3.04. The molecule has 19 heavy (non-hydrogen) atoms. The summed E-state index contributed by atoms with van der Waals surface area (Å²) in [5.74, 6) is 0. The summed E-state index contributed by atoms with van der Waals surface area (Å²) in [6.07, 6.45) is 1.99. The highest BCUT2D eigenvalue weighted by atomic mass is 32.2. The van der Waals surface area contributed by atoms with Crippen LogP contribution in [0, 0.1) is 5.41 Å². The maximum atomic E-state index is 12.5. The molecule has 0 aliphatic carbocycles. The normalized spacial score (nSPS) is 31.5. The molecule has 1 spiro atoms. The minimum atomic E-state index is -1.05. The van der Waals surface area contributed by atoms with Gasteiger partial charge in [-0.2, -0.15) is 0 Å². The number of rotatable bonds is 2. The van der Waals surface area contributed by atoms with Gasteiger partial charge in [0, 0.05) is 5.41 Å². The number of hydrogen-bond donors (Lipinski definition) is 2. The van der Waals surface area contributed by atoms with Crippen LogP contribution >= 0.6 is 0 Å². The number of ether oxygens (including phenoxy) is 1. The minimum Gasteiger partial charge on any atom is -0.373 e. The Morgan fingerprint density at radius 1 is 1.26 bits per heavy atom. The molecule has 0 saturated carbocycles. The van der Waals surface area contributed by atoms with Gasteiger partial charge >= 0.3 is 0 Å². The Labute approximate surface area is 119 Å². The molecule has 0 amide bonds. The van der Waals surface area contributed by atoms with Crippen LogP contribution in [0.1, 0.15) is 47.5 Å². The molecule has 1 unspecified atom stereocenters. The van der Waals surface area contributed by atoms with Gasteiger partial charge in [0.1, 0.15) is 0 Å². The van der Waals surface area contributed by atoms with E-state index in [0.717, 1.165) is 32.5 Å². The van der Waals surface area contributed by atoms with Crippen molar-refractivity contribution in [3.63, 3.8) is 0 Å². The van der Waals surface area contributed by atoms with Crippen molar-refractivity contribution in [2.24, 2.45) is 5.41 Å². The summed E-state index contributed by atoms with van der Waals surface area (Å²) in [4.78, 5) is 0. The largest absolute Gasteiger partial charge is 0.373 e. The van der Waals surface area contributed by atoms with Crippen molar-refractivity contribution in [2.45, 2.75) is 63.9 Å². The molecule has 2 saturated heterocycles. The lowest BCUT2D eigenvalue weighted by Gasteiger charge is -2.42. The molecule has 2 atom stereocenters. The zero-order valence-corrected chi connectivity index (χ0v) is 13.7. The van der Waals surface area contributed by atoms with E-state index >= 15 is 0 Å². The van der Waals surface area contributed by atoms with E-state index in [9.17, 15) is 4.21 Å². The van der Waals surface area contributed by atoms with Crippen molar-refractivity contribution in [1.29, 1.82) is 0 Å². The van der Waals surface area contributed by atoms with E-state index in [1.807, 2.05) is 20.8 Å². The van der Waals surface area contributed by atoms with E-state index < -0.39 is 11.0 Å². The van der Waals surface area contributed by atoms with Crippen LogP contribution < -0.4 is 10.0 Å². The van der Waals surface area contributed by atoms with E-state index in [1.165, 1.54) is 0 Å².